The molecule has 0 saturated heterocycles. The van der Waals surface area contributed by atoms with Crippen molar-refractivity contribution in [3.8, 4) is 0 Å². The molecule has 0 spiro atoms. The highest BCUT2D eigenvalue weighted by molar-refractivity contribution is 6.54. The fourth-order valence-corrected chi connectivity index (χ4v) is 2.48. The quantitative estimate of drug-likeness (QED) is 0.836. The Labute approximate surface area is 134 Å². The highest BCUT2D eigenvalue weighted by Crippen LogP contribution is 2.23. The fourth-order valence-electron chi connectivity index (χ4n) is 2.19. The molecule has 6 heteroatoms. The predicted octanol–water partition coefficient (Wildman–Crippen LogP) is 3.75. The van der Waals surface area contributed by atoms with Crippen LogP contribution in [0.3, 0.4) is 0 Å². The largest absolute Gasteiger partial charge is 0.465 e. The number of hydrogen-bond donors (Lipinski definition) is 1. The lowest BCUT2D eigenvalue weighted by Crippen LogP contribution is -2.56. The van der Waals surface area contributed by atoms with Crippen molar-refractivity contribution in [3.63, 3.8) is 0 Å². The molecule has 0 aliphatic rings. The van der Waals surface area contributed by atoms with Gasteiger partial charge >= 0.3 is 6.09 Å². The Morgan fingerprint density at radius 3 is 2.10 bits per heavy atom. The average molecular weight is 332 g/mol. The van der Waals surface area contributed by atoms with Gasteiger partial charge in [-0.25, -0.2) is 4.79 Å². The predicted molar refractivity (Wildman–Crippen MR) is 84.1 cm³/mol. The molecule has 0 radical (unpaired) electrons. The maximum atomic E-state index is 12.3. The van der Waals surface area contributed by atoms with Crippen molar-refractivity contribution in [1.82, 2.24) is 4.90 Å². The van der Waals surface area contributed by atoms with E-state index in [4.69, 9.17) is 23.2 Å². The Hall–Kier alpha value is -1.26. The number of rotatable bonds is 5. The normalized spacial score (nSPS) is 13.0. The van der Waals surface area contributed by atoms with Crippen molar-refractivity contribution in [1.29, 1.82) is 0 Å². The molecular formula is C15H19Cl2NO3. The first-order valence-corrected chi connectivity index (χ1v) is 7.40. The van der Waals surface area contributed by atoms with E-state index in [2.05, 4.69) is 0 Å². The number of ketones is 1. The van der Waals surface area contributed by atoms with Crippen molar-refractivity contribution < 1.29 is 14.7 Å². The van der Waals surface area contributed by atoms with Crippen LogP contribution in [0.25, 0.3) is 0 Å². The smallest absolute Gasteiger partial charge is 0.408 e. The molecule has 0 heterocycles. The zero-order valence-corrected chi connectivity index (χ0v) is 13.7. The van der Waals surface area contributed by atoms with Gasteiger partial charge < -0.3 is 5.11 Å². The number of carbonyl (C=O) groups excluding carboxylic acids is 1. The monoisotopic (exact) mass is 331 g/mol. The van der Waals surface area contributed by atoms with Crippen LogP contribution in [-0.4, -0.2) is 38.3 Å². The lowest BCUT2D eigenvalue weighted by Gasteiger charge is -2.39. The molecule has 0 unspecified atom stereocenters. The Morgan fingerprint density at radius 2 is 1.71 bits per heavy atom. The fraction of sp³-hybridized carbons (Fsp3) is 0.467. The minimum absolute atomic E-state index is 0.235. The lowest BCUT2D eigenvalue weighted by molar-refractivity contribution is -0.123. The van der Waals surface area contributed by atoms with Gasteiger partial charge in [0, 0.05) is 12.0 Å². The first kappa shape index (κ1) is 17.8. The zero-order valence-electron chi connectivity index (χ0n) is 12.2. The second-order valence-electron chi connectivity index (χ2n) is 5.73. The van der Waals surface area contributed by atoms with E-state index in [0.29, 0.717) is 0 Å². The summed E-state index contributed by atoms with van der Waals surface area (Å²) in [5.74, 6) is -0.514. The molecule has 4 nitrogen and oxygen atoms in total. The topological polar surface area (TPSA) is 57.6 Å². The molecule has 0 aromatic heterocycles. The number of carbonyl (C=O) groups is 2. The Balaban J connectivity index is 3.18. The number of halogens is 2. The molecule has 1 rings (SSSR count). The van der Waals surface area contributed by atoms with Gasteiger partial charge in [0.25, 0.3) is 0 Å². The lowest BCUT2D eigenvalue weighted by atomic mass is 9.96. The molecule has 1 amide bonds. The summed E-state index contributed by atoms with van der Waals surface area (Å²) in [6, 6.07) is 8.26. The molecular weight excluding hydrogens is 313 g/mol. The van der Waals surface area contributed by atoms with Gasteiger partial charge in [0.15, 0.2) is 10.6 Å². The highest BCUT2D eigenvalue weighted by atomic mass is 35.5. The number of Topliss-reactive ketones (excluding diaryl/α,β-unsaturated/α-hetero) is 1. The van der Waals surface area contributed by atoms with Crippen molar-refractivity contribution in [2.24, 2.45) is 0 Å². The maximum Gasteiger partial charge on any atom is 0.408 e. The summed E-state index contributed by atoms with van der Waals surface area (Å²) in [4.78, 5) is 23.7. The summed E-state index contributed by atoms with van der Waals surface area (Å²) in [5, 5.41) is 9.48. The van der Waals surface area contributed by atoms with Crippen LogP contribution in [0.1, 0.15) is 26.3 Å². The molecule has 0 aliphatic carbocycles. The summed E-state index contributed by atoms with van der Waals surface area (Å²) in [6.07, 6.45) is -0.940. The van der Waals surface area contributed by atoms with Crippen molar-refractivity contribution in [2.75, 3.05) is 0 Å². The summed E-state index contributed by atoms with van der Waals surface area (Å²) in [7, 11) is 0. The van der Waals surface area contributed by atoms with E-state index in [1.165, 1.54) is 0 Å². The Kier molecular flexibility index (Phi) is 6.05. The Bertz CT molecular complexity index is 497. The van der Waals surface area contributed by atoms with Crippen LogP contribution in [0.15, 0.2) is 30.3 Å². The molecule has 1 aromatic carbocycles. The van der Waals surface area contributed by atoms with Crippen LogP contribution in [0, 0.1) is 0 Å². The number of hydrogen-bond acceptors (Lipinski definition) is 2. The first-order valence-electron chi connectivity index (χ1n) is 6.52. The maximum absolute atomic E-state index is 12.3. The molecule has 1 N–H and O–H groups in total. The first-order chi connectivity index (χ1) is 9.64. The molecule has 0 fully saturated rings. The van der Waals surface area contributed by atoms with Crippen LogP contribution in [0.2, 0.25) is 0 Å². The number of alkyl halides is 2. The van der Waals surface area contributed by atoms with Gasteiger partial charge in [-0.2, -0.15) is 0 Å². The van der Waals surface area contributed by atoms with E-state index in [1.807, 2.05) is 30.3 Å². The van der Waals surface area contributed by atoms with Gasteiger partial charge in [-0.3, -0.25) is 9.69 Å². The Morgan fingerprint density at radius 1 is 1.19 bits per heavy atom. The van der Waals surface area contributed by atoms with Crippen LogP contribution < -0.4 is 0 Å². The number of amides is 1. The number of nitrogens with zero attached hydrogens (tertiary/aromatic N) is 1. The molecule has 1 atom stereocenters. The van der Waals surface area contributed by atoms with Crippen molar-refractivity contribution in [3.05, 3.63) is 35.9 Å². The standard InChI is InChI=1S/C15H19Cl2NO3/c1-15(2,3)18(14(20)21)11(12(19)13(16)17)9-10-7-5-4-6-8-10/h4-8,11,13H,9H2,1-3H3,(H,20,21)/t11-/m0/s1. The molecule has 0 saturated carbocycles. The van der Waals surface area contributed by atoms with Crippen LogP contribution >= 0.6 is 23.2 Å². The van der Waals surface area contributed by atoms with Crippen molar-refractivity contribution in [2.45, 2.75) is 43.6 Å². The van der Waals surface area contributed by atoms with E-state index in [0.717, 1.165) is 10.5 Å². The summed E-state index contributed by atoms with van der Waals surface area (Å²) in [6.45, 7) is 5.18. The highest BCUT2D eigenvalue weighted by Gasteiger charge is 2.39. The summed E-state index contributed by atoms with van der Waals surface area (Å²) < 4.78 is 0. The SMILES string of the molecule is CC(C)(C)N(C(=O)O)[C@@H](Cc1ccccc1)C(=O)C(Cl)Cl. The van der Waals surface area contributed by atoms with E-state index in [1.54, 1.807) is 20.8 Å². The van der Waals surface area contributed by atoms with Crippen LogP contribution in [0.5, 0.6) is 0 Å². The minimum atomic E-state index is -1.26. The average Bonchev–Trinajstić information content (AvgIpc) is 2.36. The second-order valence-corrected chi connectivity index (χ2v) is 6.83. The molecule has 0 aliphatic heterocycles. The van der Waals surface area contributed by atoms with Gasteiger partial charge in [0.1, 0.15) is 6.04 Å². The zero-order chi connectivity index (χ0) is 16.2. The van der Waals surface area contributed by atoms with Gasteiger partial charge in [0.05, 0.1) is 0 Å². The third-order valence-electron chi connectivity index (χ3n) is 3.06. The second kappa shape index (κ2) is 7.14. The summed E-state index contributed by atoms with van der Waals surface area (Å²) >= 11 is 11.4. The molecule has 116 valence electrons. The summed E-state index contributed by atoms with van der Waals surface area (Å²) in [5.41, 5.74) is 0.101. The third-order valence-corrected chi connectivity index (χ3v) is 3.49. The molecule has 1 aromatic rings. The number of carboxylic acid groups (broad SMARTS) is 1. The molecule has 21 heavy (non-hydrogen) atoms. The van der Waals surface area contributed by atoms with Crippen LogP contribution in [0.4, 0.5) is 4.79 Å². The van der Waals surface area contributed by atoms with Gasteiger partial charge in [-0.15, -0.1) is 0 Å². The van der Waals surface area contributed by atoms with E-state index < -0.39 is 28.3 Å². The van der Waals surface area contributed by atoms with Gasteiger partial charge in [-0.05, 0) is 26.3 Å². The van der Waals surface area contributed by atoms with E-state index >= 15 is 0 Å². The number of benzene rings is 1. The molecule has 0 bridgehead atoms. The third kappa shape index (κ3) is 4.90. The van der Waals surface area contributed by atoms with Crippen molar-refractivity contribution >= 4 is 35.1 Å². The van der Waals surface area contributed by atoms with E-state index in [-0.39, 0.29) is 6.42 Å². The van der Waals surface area contributed by atoms with E-state index in [9.17, 15) is 14.7 Å². The van der Waals surface area contributed by atoms with Gasteiger partial charge in [0.2, 0.25) is 0 Å². The van der Waals surface area contributed by atoms with Gasteiger partial charge in [-0.1, -0.05) is 53.5 Å². The van der Waals surface area contributed by atoms with Crippen LogP contribution in [-0.2, 0) is 11.2 Å². The minimum Gasteiger partial charge on any atom is -0.465 e.